The predicted octanol–water partition coefficient (Wildman–Crippen LogP) is 2.45. The lowest BCUT2D eigenvalue weighted by Gasteiger charge is -2.22. The number of anilines is 1. The van der Waals surface area contributed by atoms with Crippen LogP contribution in [0.25, 0.3) is 11.2 Å². The second-order valence-electron chi connectivity index (χ2n) is 6.13. The van der Waals surface area contributed by atoms with Crippen LogP contribution in [0.3, 0.4) is 0 Å². The second kappa shape index (κ2) is 6.54. The number of nitrogens with two attached hydrogens (primary N) is 1. The van der Waals surface area contributed by atoms with Crippen LogP contribution >= 0.6 is 11.6 Å². The van der Waals surface area contributed by atoms with Crippen molar-refractivity contribution in [2.24, 2.45) is 5.92 Å². The zero-order chi connectivity index (χ0) is 18.3. The molecule has 1 saturated heterocycles. The number of carbonyl (C=O) groups excluding carboxylic acids is 1. The third kappa shape index (κ3) is 2.87. The Kier molecular flexibility index (Phi) is 4.21. The summed E-state index contributed by atoms with van der Waals surface area (Å²) in [6, 6.07) is 8.82. The molecule has 4 rings (SSSR count). The van der Waals surface area contributed by atoms with Crippen LogP contribution in [0, 0.1) is 5.92 Å². The van der Waals surface area contributed by atoms with Gasteiger partial charge in [0, 0.05) is 5.92 Å². The van der Waals surface area contributed by atoms with Gasteiger partial charge in [-0.15, -0.1) is 0 Å². The lowest BCUT2D eigenvalue weighted by Crippen LogP contribution is -2.29. The first-order valence-corrected chi connectivity index (χ1v) is 8.45. The van der Waals surface area contributed by atoms with Gasteiger partial charge in [-0.05, 0) is 12.1 Å². The van der Waals surface area contributed by atoms with Crippen LogP contribution in [-0.4, -0.2) is 38.2 Å². The van der Waals surface area contributed by atoms with E-state index in [1.165, 1.54) is 6.33 Å². The summed E-state index contributed by atoms with van der Waals surface area (Å²) in [4.78, 5) is 24.8. The maximum atomic E-state index is 12.5. The van der Waals surface area contributed by atoms with Gasteiger partial charge >= 0.3 is 5.97 Å². The van der Waals surface area contributed by atoms with Gasteiger partial charge in [0.05, 0.1) is 18.5 Å². The molecule has 2 aromatic heterocycles. The lowest BCUT2D eigenvalue weighted by atomic mass is 10.1. The van der Waals surface area contributed by atoms with Gasteiger partial charge in [-0.25, -0.2) is 9.78 Å². The number of hydrogen-bond acceptors (Lipinski definition) is 7. The average molecular weight is 374 g/mol. The summed E-state index contributed by atoms with van der Waals surface area (Å²) in [7, 11) is 0. The number of nitrogens with zero attached hydrogens (tertiary/aromatic N) is 4. The fourth-order valence-corrected chi connectivity index (χ4v) is 3.20. The van der Waals surface area contributed by atoms with Crippen molar-refractivity contribution in [3.05, 3.63) is 47.4 Å². The van der Waals surface area contributed by atoms with Crippen molar-refractivity contribution in [3.8, 4) is 0 Å². The van der Waals surface area contributed by atoms with Gasteiger partial charge in [0.25, 0.3) is 0 Å². The van der Waals surface area contributed by atoms with E-state index in [0.29, 0.717) is 23.3 Å². The van der Waals surface area contributed by atoms with E-state index in [1.54, 1.807) is 28.8 Å². The molecule has 0 radical (unpaired) electrons. The summed E-state index contributed by atoms with van der Waals surface area (Å²) in [5.41, 5.74) is 7.02. The topological polar surface area (TPSA) is 105 Å². The molecule has 9 heteroatoms. The third-order valence-electron chi connectivity index (χ3n) is 4.29. The standard InChI is InChI=1S/C17H16ClN5O3/c1-9-7-25-15(12(9)26-16(24)10-5-3-2-4-6-10)23-8-20-11-13(18)21-17(19)22-14(11)23/h2-6,8-9,12,15H,7H2,1H3,(H2,19,21,22)/t9-,12+,15+/m0/s1. The van der Waals surface area contributed by atoms with Crippen LogP contribution < -0.4 is 5.73 Å². The first-order chi connectivity index (χ1) is 12.5. The van der Waals surface area contributed by atoms with Crippen molar-refractivity contribution in [1.29, 1.82) is 0 Å². The summed E-state index contributed by atoms with van der Waals surface area (Å²) >= 11 is 6.08. The number of esters is 1. The minimum atomic E-state index is -0.576. The molecular weight excluding hydrogens is 358 g/mol. The SMILES string of the molecule is C[C@H]1CO[C@@H](n2cnc3c(Cl)nc(N)nc32)[C@@H]1OC(=O)c1ccccc1. The normalized spacial score (nSPS) is 22.6. The summed E-state index contributed by atoms with van der Waals surface area (Å²) in [5, 5.41) is 0.162. The van der Waals surface area contributed by atoms with Gasteiger partial charge in [-0.2, -0.15) is 9.97 Å². The van der Waals surface area contributed by atoms with Crippen molar-refractivity contribution < 1.29 is 14.3 Å². The van der Waals surface area contributed by atoms with Crippen molar-refractivity contribution >= 4 is 34.7 Å². The largest absolute Gasteiger partial charge is 0.454 e. The van der Waals surface area contributed by atoms with Gasteiger partial charge in [-0.1, -0.05) is 36.7 Å². The number of nitrogen functional groups attached to an aromatic ring is 1. The number of hydrogen-bond donors (Lipinski definition) is 1. The maximum absolute atomic E-state index is 12.5. The Morgan fingerprint density at radius 2 is 2.12 bits per heavy atom. The number of carbonyl (C=O) groups is 1. The van der Waals surface area contributed by atoms with E-state index in [9.17, 15) is 4.79 Å². The van der Waals surface area contributed by atoms with E-state index in [2.05, 4.69) is 15.0 Å². The predicted molar refractivity (Wildman–Crippen MR) is 94.5 cm³/mol. The highest BCUT2D eigenvalue weighted by atomic mass is 35.5. The Morgan fingerprint density at radius 1 is 1.35 bits per heavy atom. The van der Waals surface area contributed by atoms with Crippen LogP contribution in [0.5, 0.6) is 0 Å². The number of ether oxygens (including phenoxy) is 2. The number of halogens is 1. The Bertz CT molecular complexity index is 962. The number of aromatic nitrogens is 4. The fourth-order valence-electron chi connectivity index (χ4n) is 2.98. The zero-order valence-corrected chi connectivity index (χ0v) is 14.6. The van der Waals surface area contributed by atoms with E-state index in [4.69, 9.17) is 26.8 Å². The number of fused-ring (bicyclic) bond motifs is 1. The van der Waals surface area contributed by atoms with Gasteiger partial charge in [0.2, 0.25) is 5.95 Å². The molecule has 0 spiro atoms. The molecule has 0 bridgehead atoms. The van der Waals surface area contributed by atoms with E-state index in [1.807, 2.05) is 13.0 Å². The minimum absolute atomic E-state index is 0.000214. The van der Waals surface area contributed by atoms with E-state index in [0.717, 1.165) is 0 Å². The van der Waals surface area contributed by atoms with Crippen molar-refractivity contribution in [2.45, 2.75) is 19.3 Å². The van der Waals surface area contributed by atoms with Gasteiger partial charge in [0.1, 0.15) is 5.52 Å². The fraction of sp³-hybridized carbons (Fsp3) is 0.294. The Balaban J connectivity index is 1.67. The maximum Gasteiger partial charge on any atom is 0.338 e. The summed E-state index contributed by atoms with van der Waals surface area (Å²) in [5.74, 6) is -0.373. The molecule has 134 valence electrons. The van der Waals surface area contributed by atoms with Crippen LogP contribution in [-0.2, 0) is 9.47 Å². The average Bonchev–Trinajstić information content (AvgIpc) is 3.20. The number of benzene rings is 1. The molecule has 0 unspecified atom stereocenters. The smallest absolute Gasteiger partial charge is 0.338 e. The molecule has 0 amide bonds. The highest BCUT2D eigenvalue weighted by Crippen LogP contribution is 2.34. The first kappa shape index (κ1) is 16.7. The molecule has 1 aliphatic heterocycles. The zero-order valence-electron chi connectivity index (χ0n) is 13.9. The van der Waals surface area contributed by atoms with Crippen LogP contribution in [0.2, 0.25) is 5.15 Å². The summed E-state index contributed by atoms with van der Waals surface area (Å²) in [6.45, 7) is 2.39. The third-order valence-corrected chi connectivity index (χ3v) is 4.56. The Hall–Kier alpha value is -2.71. The quantitative estimate of drug-likeness (QED) is 0.555. The molecule has 1 aliphatic rings. The monoisotopic (exact) mass is 373 g/mol. The molecule has 1 fully saturated rings. The molecular formula is C17H16ClN5O3. The van der Waals surface area contributed by atoms with E-state index < -0.39 is 18.3 Å². The highest BCUT2D eigenvalue weighted by Gasteiger charge is 2.40. The first-order valence-electron chi connectivity index (χ1n) is 8.08. The Morgan fingerprint density at radius 3 is 2.88 bits per heavy atom. The molecule has 2 N–H and O–H groups in total. The summed E-state index contributed by atoms with van der Waals surface area (Å²) < 4.78 is 13.3. The highest BCUT2D eigenvalue weighted by molar-refractivity contribution is 6.33. The molecule has 26 heavy (non-hydrogen) atoms. The molecule has 3 atom stereocenters. The molecule has 0 aliphatic carbocycles. The minimum Gasteiger partial charge on any atom is -0.454 e. The van der Waals surface area contributed by atoms with E-state index in [-0.39, 0.29) is 17.0 Å². The van der Waals surface area contributed by atoms with Crippen LogP contribution in [0.4, 0.5) is 5.95 Å². The molecule has 3 aromatic rings. The summed E-state index contributed by atoms with van der Waals surface area (Å²) in [6.07, 6.45) is 0.458. The van der Waals surface area contributed by atoms with Crippen LogP contribution in [0.1, 0.15) is 23.5 Å². The van der Waals surface area contributed by atoms with Crippen molar-refractivity contribution in [3.63, 3.8) is 0 Å². The number of rotatable bonds is 3. The van der Waals surface area contributed by atoms with Crippen LogP contribution in [0.15, 0.2) is 36.7 Å². The molecule has 3 heterocycles. The van der Waals surface area contributed by atoms with Crippen molar-refractivity contribution in [2.75, 3.05) is 12.3 Å². The number of imidazole rings is 1. The molecule has 1 aromatic carbocycles. The molecule has 0 saturated carbocycles. The van der Waals surface area contributed by atoms with Gasteiger partial charge < -0.3 is 15.2 Å². The lowest BCUT2D eigenvalue weighted by molar-refractivity contribution is -0.0315. The van der Waals surface area contributed by atoms with Gasteiger partial charge in [0.15, 0.2) is 23.1 Å². The van der Waals surface area contributed by atoms with E-state index >= 15 is 0 Å². The molecule has 8 nitrogen and oxygen atoms in total. The Labute approximate surface area is 153 Å². The second-order valence-corrected chi connectivity index (χ2v) is 6.49. The van der Waals surface area contributed by atoms with Gasteiger partial charge in [-0.3, -0.25) is 4.57 Å². The van der Waals surface area contributed by atoms with Crippen molar-refractivity contribution in [1.82, 2.24) is 19.5 Å².